The van der Waals surface area contributed by atoms with Gasteiger partial charge in [0.15, 0.2) is 0 Å². The van der Waals surface area contributed by atoms with Gasteiger partial charge in [-0.2, -0.15) is 0 Å². The summed E-state index contributed by atoms with van der Waals surface area (Å²) in [4.78, 5) is 12.2. The molecule has 0 bridgehead atoms. The standard InChI is InChI=1S/C19H23NO/c1-14-10-11-16(15-8-6-5-7-9-15)17(12-14)20-18(21)13-19(2,3)4/h5-12H,13H2,1-4H3,(H,20,21). The molecule has 2 aromatic rings. The van der Waals surface area contributed by atoms with Gasteiger partial charge in [-0.1, -0.05) is 63.2 Å². The maximum atomic E-state index is 12.2. The van der Waals surface area contributed by atoms with Gasteiger partial charge >= 0.3 is 0 Å². The summed E-state index contributed by atoms with van der Waals surface area (Å²) in [5.41, 5.74) is 4.18. The SMILES string of the molecule is Cc1ccc(-c2ccccc2)c(NC(=O)CC(C)(C)C)c1. The summed E-state index contributed by atoms with van der Waals surface area (Å²) in [6.07, 6.45) is 0.509. The van der Waals surface area contributed by atoms with E-state index >= 15 is 0 Å². The van der Waals surface area contributed by atoms with Crippen molar-refractivity contribution < 1.29 is 4.79 Å². The Hall–Kier alpha value is -2.09. The first-order valence-electron chi connectivity index (χ1n) is 7.31. The largest absolute Gasteiger partial charge is 0.325 e. The molecule has 2 nitrogen and oxygen atoms in total. The fourth-order valence-electron chi connectivity index (χ4n) is 2.31. The van der Waals surface area contributed by atoms with Gasteiger partial charge < -0.3 is 5.32 Å². The second kappa shape index (κ2) is 6.13. The second-order valence-corrected chi connectivity index (χ2v) is 6.70. The molecule has 0 saturated heterocycles. The maximum absolute atomic E-state index is 12.2. The van der Waals surface area contributed by atoms with Gasteiger partial charge in [0.1, 0.15) is 0 Å². The third kappa shape index (κ3) is 4.45. The Labute approximate surface area is 127 Å². The molecular weight excluding hydrogens is 258 g/mol. The second-order valence-electron chi connectivity index (χ2n) is 6.70. The van der Waals surface area contributed by atoms with Crippen molar-refractivity contribution in [3.8, 4) is 11.1 Å². The monoisotopic (exact) mass is 281 g/mol. The molecule has 0 unspecified atom stereocenters. The van der Waals surface area contributed by atoms with E-state index in [0.717, 1.165) is 22.4 Å². The van der Waals surface area contributed by atoms with Crippen LogP contribution in [0.5, 0.6) is 0 Å². The van der Waals surface area contributed by atoms with Gasteiger partial charge in [0.05, 0.1) is 0 Å². The van der Waals surface area contributed by atoms with Crippen molar-refractivity contribution in [2.75, 3.05) is 5.32 Å². The van der Waals surface area contributed by atoms with Crippen LogP contribution in [0.1, 0.15) is 32.8 Å². The summed E-state index contributed by atoms with van der Waals surface area (Å²) >= 11 is 0. The lowest BCUT2D eigenvalue weighted by Gasteiger charge is -2.19. The first-order chi connectivity index (χ1) is 9.85. The predicted molar refractivity (Wildman–Crippen MR) is 89.3 cm³/mol. The van der Waals surface area contributed by atoms with Gasteiger partial charge in [-0.3, -0.25) is 4.79 Å². The van der Waals surface area contributed by atoms with Crippen molar-refractivity contribution >= 4 is 11.6 Å². The molecule has 0 aliphatic rings. The number of rotatable bonds is 3. The van der Waals surface area contributed by atoms with E-state index in [1.165, 1.54) is 0 Å². The van der Waals surface area contributed by atoms with Gasteiger partial charge in [-0.25, -0.2) is 0 Å². The van der Waals surface area contributed by atoms with Crippen molar-refractivity contribution in [1.29, 1.82) is 0 Å². The highest BCUT2D eigenvalue weighted by Crippen LogP contribution is 2.29. The van der Waals surface area contributed by atoms with Gasteiger partial charge in [0.2, 0.25) is 5.91 Å². The Kier molecular flexibility index (Phi) is 4.46. The van der Waals surface area contributed by atoms with Crippen LogP contribution >= 0.6 is 0 Å². The molecule has 1 amide bonds. The van der Waals surface area contributed by atoms with Crippen molar-refractivity contribution in [3.63, 3.8) is 0 Å². The minimum absolute atomic E-state index is 0.0131. The number of amides is 1. The molecule has 0 saturated carbocycles. The van der Waals surface area contributed by atoms with Crippen LogP contribution in [0.15, 0.2) is 48.5 Å². The number of benzene rings is 2. The van der Waals surface area contributed by atoms with E-state index in [9.17, 15) is 4.79 Å². The number of carbonyl (C=O) groups excluding carboxylic acids is 1. The molecule has 0 aliphatic carbocycles. The van der Waals surface area contributed by atoms with Crippen molar-refractivity contribution in [2.45, 2.75) is 34.1 Å². The van der Waals surface area contributed by atoms with Crippen molar-refractivity contribution in [2.24, 2.45) is 5.41 Å². The zero-order valence-electron chi connectivity index (χ0n) is 13.2. The number of hydrogen-bond acceptors (Lipinski definition) is 1. The van der Waals surface area contributed by atoms with Crippen LogP contribution in [-0.4, -0.2) is 5.91 Å². The van der Waals surface area contributed by atoms with E-state index in [4.69, 9.17) is 0 Å². The van der Waals surface area contributed by atoms with E-state index in [2.05, 4.69) is 50.4 Å². The third-order valence-corrected chi connectivity index (χ3v) is 3.22. The van der Waals surface area contributed by atoms with Crippen LogP contribution in [0, 0.1) is 12.3 Å². The topological polar surface area (TPSA) is 29.1 Å². The number of carbonyl (C=O) groups is 1. The lowest BCUT2D eigenvalue weighted by atomic mass is 9.92. The van der Waals surface area contributed by atoms with Crippen molar-refractivity contribution in [1.82, 2.24) is 0 Å². The summed E-state index contributed by atoms with van der Waals surface area (Å²) in [5, 5.41) is 3.07. The highest BCUT2D eigenvalue weighted by Gasteiger charge is 2.17. The number of aryl methyl sites for hydroxylation is 1. The molecule has 0 heterocycles. The zero-order chi connectivity index (χ0) is 15.5. The Morgan fingerprint density at radius 3 is 2.33 bits per heavy atom. The van der Waals surface area contributed by atoms with E-state index in [-0.39, 0.29) is 11.3 Å². The molecule has 0 fully saturated rings. The van der Waals surface area contributed by atoms with Crippen LogP contribution in [0.2, 0.25) is 0 Å². The minimum atomic E-state index is -0.0131. The Bertz CT molecular complexity index is 624. The summed E-state index contributed by atoms with van der Waals surface area (Å²) < 4.78 is 0. The van der Waals surface area contributed by atoms with Crippen LogP contribution in [0.25, 0.3) is 11.1 Å². The summed E-state index contributed by atoms with van der Waals surface area (Å²) in [5.74, 6) is 0.0604. The maximum Gasteiger partial charge on any atom is 0.224 e. The van der Waals surface area contributed by atoms with E-state index in [1.54, 1.807) is 0 Å². The van der Waals surface area contributed by atoms with Gasteiger partial charge in [0.25, 0.3) is 0 Å². The lowest BCUT2D eigenvalue weighted by molar-refractivity contribution is -0.117. The van der Waals surface area contributed by atoms with Gasteiger partial charge in [-0.05, 0) is 29.5 Å². The first-order valence-corrected chi connectivity index (χ1v) is 7.31. The Balaban J connectivity index is 2.30. The summed E-state index contributed by atoms with van der Waals surface area (Å²) in [6, 6.07) is 16.3. The molecule has 0 aliphatic heterocycles. The molecule has 0 radical (unpaired) electrons. The molecule has 0 spiro atoms. The fourth-order valence-corrected chi connectivity index (χ4v) is 2.31. The summed E-state index contributed by atoms with van der Waals surface area (Å²) in [7, 11) is 0. The number of nitrogens with one attached hydrogen (secondary N) is 1. The molecule has 0 atom stereocenters. The van der Waals surface area contributed by atoms with Crippen LogP contribution in [0.3, 0.4) is 0 Å². The average molecular weight is 281 g/mol. The molecule has 2 rings (SSSR count). The molecule has 2 heteroatoms. The highest BCUT2D eigenvalue weighted by atomic mass is 16.1. The summed E-state index contributed by atoms with van der Waals surface area (Å²) in [6.45, 7) is 8.25. The molecule has 0 aromatic heterocycles. The third-order valence-electron chi connectivity index (χ3n) is 3.22. The Morgan fingerprint density at radius 2 is 1.71 bits per heavy atom. The molecule has 21 heavy (non-hydrogen) atoms. The van der Waals surface area contributed by atoms with Gasteiger partial charge in [0, 0.05) is 17.7 Å². The highest BCUT2D eigenvalue weighted by molar-refractivity contribution is 5.95. The fraction of sp³-hybridized carbons (Fsp3) is 0.316. The zero-order valence-corrected chi connectivity index (χ0v) is 13.2. The molecule has 2 aromatic carbocycles. The Morgan fingerprint density at radius 1 is 1.05 bits per heavy atom. The van der Waals surface area contributed by atoms with Crippen LogP contribution in [0.4, 0.5) is 5.69 Å². The van der Waals surface area contributed by atoms with Crippen LogP contribution < -0.4 is 5.32 Å². The predicted octanol–water partition coefficient (Wildman–Crippen LogP) is 5.04. The normalized spacial score (nSPS) is 11.2. The van der Waals surface area contributed by atoms with Crippen LogP contribution in [-0.2, 0) is 4.79 Å². The first kappa shape index (κ1) is 15.3. The van der Waals surface area contributed by atoms with E-state index < -0.39 is 0 Å². The average Bonchev–Trinajstić information content (AvgIpc) is 2.37. The smallest absolute Gasteiger partial charge is 0.224 e. The quantitative estimate of drug-likeness (QED) is 0.839. The number of anilines is 1. The van der Waals surface area contributed by atoms with Gasteiger partial charge in [-0.15, -0.1) is 0 Å². The van der Waals surface area contributed by atoms with E-state index in [1.807, 2.05) is 31.2 Å². The van der Waals surface area contributed by atoms with E-state index in [0.29, 0.717) is 6.42 Å². The molecule has 1 N–H and O–H groups in total. The molecule has 110 valence electrons. The van der Waals surface area contributed by atoms with Crippen molar-refractivity contribution in [3.05, 3.63) is 54.1 Å². The lowest BCUT2D eigenvalue weighted by Crippen LogP contribution is -2.20. The number of hydrogen-bond donors (Lipinski definition) is 1. The molecular formula is C19H23NO. The minimum Gasteiger partial charge on any atom is -0.325 e.